The molecule has 2 heterocycles. The molecule has 0 saturated carbocycles. The van der Waals surface area contributed by atoms with Crippen molar-refractivity contribution in [2.75, 3.05) is 0 Å². The van der Waals surface area contributed by atoms with E-state index in [9.17, 15) is 0 Å². The van der Waals surface area contributed by atoms with Crippen molar-refractivity contribution in [1.29, 1.82) is 0 Å². The molecule has 8 aromatic carbocycles. The van der Waals surface area contributed by atoms with Crippen LogP contribution < -0.4 is 0 Å². The van der Waals surface area contributed by atoms with Gasteiger partial charge in [-0.2, -0.15) is 0 Å². The zero-order valence-corrected chi connectivity index (χ0v) is 33.5. The Bertz CT molecular complexity index is 3270. The Labute approximate surface area is 347 Å². The van der Waals surface area contributed by atoms with Gasteiger partial charge in [0.05, 0.1) is 5.41 Å². The number of benzene rings is 8. The van der Waals surface area contributed by atoms with Crippen molar-refractivity contribution in [3.8, 4) is 56.4 Å². The molecule has 0 radical (unpaired) electrons. The van der Waals surface area contributed by atoms with E-state index in [0.717, 1.165) is 27.8 Å². The minimum absolute atomic E-state index is 0.175. The van der Waals surface area contributed by atoms with Crippen molar-refractivity contribution in [2.24, 2.45) is 0 Å². The highest BCUT2D eigenvalue weighted by Crippen LogP contribution is 2.63. The molecule has 12 rings (SSSR count). The van der Waals surface area contributed by atoms with Crippen LogP contribution in [0.25, 0.3) is 76.6 Å². The SMILES string of the molecule is CC1(C)c2ccccc2C2(c3ccccc3-c3c(-c4nc(-c5ccccc5-c5ccccc5)nc(-c5cccc6c5sc5ccccc56)n4)cccc32)c2ccccc21. The summed E-state index contributed by atoms with van der Waals surface area (Å²) in [5, 5.41) is 2.46. The Morgan fingerprint density at radius 3 is 1.56 bits per heavy atom. The molecule has 0 saturated heterocycles. The van der Waals surface area contributed by atoms with Gasteiger partial charge in [-0.05, 0) is 67.8 Å². The van der Waals surface area contributed by atoms with Crippen molar-refractivity contribution in [3.05, 3.63) is 221 Å². The van der Waals surface area contributed by atoms with Crippen LogP contribution in [0.3, 0.4) is 0 Å². The van der Waals surface area contributed by atoms with E-state index in [1.54, 1.807) is 11.3 Å². The van der Waals surface area contributed by atoms with Crippen molar-refractivity contribution >= 4 is 31.5 Å². The second-order valence-corrected chi connectivity index (χ2v) is 17.3. The molecule has 3 nitrogen and oxygen atoms in total. The lowest BCUT2D eigenvalue weighted by Gasteiger charge is -2.46. The number of fused-ring (bicyclic) bond motifs is 12. The molecular weight excluding hydrogens is 735 g/mol. The van der Waals surface area contributed by atoms with Crippen LogP contribution in [0.1, 0.15) is 47.2 Å². The van der Waals surface area contributed by atoms with Gasteiger partial charge >= 0.3 is 0 Å². The van der Waals surface area contributed by atoms with Crippen LogP contribution in [0.15, 0.2) is 188 Å². The molecule has 59 heavy (non-hydrogen) atoms. The standard InChI is InChI=1S/C55H37N3S/c1-54(2)43-28-11-13-30-45(43)55(46-31-14-12-29-44(46)54)42-27-10-8-23-39(42)49-40(25-17-32-47(49)55)52-56-51(38-22-7-6-20-35(38)34-18-4-3-5-19-34)57-53(58-52)41-26-16-24-37-36-21-9-15-33-48(36)59-50(37)41/h3-33H,1-2H3. The van der Waals surface area contributed by atoms with E-state index in [2.05, 4.69) is 202 Å². The van der Waals surface area contributed by atoms with Gasteiger partial charge in [0.15, 0.2) is 17.5 Å². The molecule has 0 atom stereocenters. The van der Waals surface area contributed by atoms with Gasteiger partial charge in [-0.1, -0.05) is 190 Å². The molecule has 0 N–H and O–H groups in total. The summed E-state index contributed by atoms with van der Waals surface area (Å²) in [6, 6.07) is 68.1. The average Bonchev–Trinajstić information content (AvgIpc) is 3.83. The first kappa shape index (κ1) is 34.1. The predicted octanol–water partition coefficient (Wildman–Crippen LogP) is 13.9. The zero-order valence-electron chi connectivity index (χ0n) is 32.6. The lowest BCUT2D eigenvalue weighted by molar-refractivity contribution is 0.563. The van der Waals surface area contributed by atoms with Crippen LogP contribution in [-0.4, -0.2) is 15.0 Å². The lowest BCUT2D eigenvalue weighted by atomic mass is 9.55. The van der Waals surface area contributed by atoms with Crippen molar-refractivity contribution in [1.82, 2.24) is 15.0 Å². The first-order valence-electron chi connectivity index (χ1n) is 20.3. The highest BCUT2D eigenvalue weighted by atomic mass is 32.1. The number of rotatable bonds is 4. The Balaban J connectivity index is 1.17. The van der Waals surface area contributed by atoms with Gasteiger partial charge in [-0.25, -0.2) is 15.0 Å². The third kappa shape index (κ3) is 4.78. The fourth-order valence-corrected chi connectivity index (χ4v) is 11.5. The van der Waals surface area contributed by atoms with E-state index in [1.807, 2.05) is 0 Å². The summed E-state index contributed by atoms with van der Waals surface area (Å²) in [6.45, 7) is 4.74. The Morgan fingerprint density at radius 2 is 0.831 bits per heavy atom. The van der Waals surface area contributed by atoms with E-state index in [0.29, 0.717) is 17.5 Å². The fourth-order valence-electron chi connectivity index (χ4n) is 10.3. The quantitative estimate of drug-likeness (QED) is 0.179. The third-order valence-electron chi connectivity index (χ3n) is 12.9. The summed E-state index contributed by atoms with van der Waals surface area (Å²) >= 11 is 1.80. The number of hydrogen-bond acceptors (Lipinski definition) is 4. The number of aromatic nitrogens is 3. The summed E-state index contributed by atoms with van der Waals surface area (Å²) in [6.07, 6.45) is 0. The summed E-state index contributed by atoms with van der Waals surface area (Å²) in [5.74, 6) is 1.97. The van der Waals surface area contributed by atoms with Gasteiger partial charge in [0.25, 0.3) is 0 Å². The van der Waals surface area contributed by atoms with E-state index in [-0.39, 0.29) is 5.41 Å². The van der Waals surface area contributed by atoms with E-state index < -0.39 is 5.41 Å². The normalized spacial score (nSPS) is 14.2. The van der Waals surface area contributed by atoms with Gasteiger partial charge in [0.2, 0.25) is 0 Å². The van der Waals surface area contributed by atoms with Gasteiger partial charge in [0, 0.05) is 42.3 Å². The number of thiophene rings is 1. The highest BCUT2D eigenvalue weighted by molar-refractivity contribution is 7.26. The van der Waals surface area contributed by atoms with Gasteiger partial charge in [-0.15, -0.1) is 11.3 Å². The van der Waals surface area contributed by atoms with Crippen molar-refractivity contribution in [3.63, 3.8) is 0 Å². The van der Waals surface area contributed by atoms with E-state index >= 15 is 0 Å². The van der Waals surface area contributed by atoms with Crippen molar-refractivity contribution < 1.29 is 0 Å². The minimum atomic E-state index is -0.522. The maximum Gasteiger partial charge on any atom is 0.165 e. The Hall–Kier alpha value is -7.01. The van der Waals surface area contributed by atoms with Crippen LogP contribution in [0, 0.1) is 0 Å². The second kappa shape index (κ2) is 12.7. The lowest BCUT2D eigenvalue weighted by Crippen LogP contribution is -2.40. The van der Waals surface area contributed by atoms with Crippen LogP contribution in [0.4, 0.5) is 0 Å². The summed E-state index contributed by atoms with van der Waals surface area (Å²) < 4.78 is 2.42. The minimum Gasteiger partial charge on any atom is -0.208 e. The molecule has 0 aliphatic heterocycles. The molecule has 1 spiro atoms. The van der Waals surface area contributed by atoms with E-state index in [4.69, 9.17) is 15.0 Å². The molecule has 0 fully saturated rings. The van der Waals surface area contributed by atoms with Gasteiger partial charge < -0.3 is 0 Å². The largest absolute Gasteiger partial charge is 0.208 e. The summed E-state index contributed by atoms with van der Waals surface area (Å²) in [4.78, 5) is 16.4. The Morgan fingerprint density at radius 1 is 0.356 bits per heavy atom. The Kier molecular flexibility index (Phi) is 7.36. The molecule has 0 unspecified atom stereocenters. The first-order chi connectivity index (χ1) is 29.0. The zero-order chi connectivity index (χ0) is 39.3. The molecule has 278 valence electrons. The van der Waals surface area contributed by atoms with Crippen LogP contribution in [0.5, 0.6) is 0 Å². The molecule has 4 heteroatoms. The molecular formula is C55H37N3S. The van der Waals surface area contributed by atoms with Crippen LogP contribution in [0.2, 0.25) is 0 Å². The summed E-state index contributed by atoms with van der Waals surface area (Å²) in [5.41, 5.74) is 14.8. The maximum absolute atomic E-state index is 5.50. The molecule has 2 aromatic heterocycles. The van der Waals surface area contributed by atoms with Crippen LogP contribution in [-0.2, 0) is 10.8 Å². The van der Waals surface area contributed by atoms with Crippen molar-refractivity contribution in [2.45, 2.75) is 24.7 Å². The molecule has 2 aliphatic carbocycles. The summed E-state index contributed by atoms with van der Waals surface area (Å²) in [7, 11) is 0. The highest BCUT2D eigenvalue weighted by Gasteiger charge is 2.53. The van der Waals surface area contributed by atoms with E-state index in [1.165, 1.54) is 64.7 Å². The molecule has 0 bridgehead atoms. The topological polar surface area (TPSA) is 38.7 Å². The number of nitrogens with zero attached hydrogens (tertiary/aromatic N) is 3. The monoisotopic (exact) mass is 771 g/mol. The smallest absolute Gasteiger partial charge is 0.165 e. The van der Waals surface area contributed by atoms with Gasteiger partial charge in [-0.3, -0.25) is 0 Å². The predicted molar refractivity (Wildman–Crippen MR) is 244 cm³/mol. The first-order valence-corrected chi connectivity index (χ1v) is 21.1. The number of hydrogen-bond donors (Lipinski definition) is 0. The fraction of sp³-hybridized carbons (Fsp3) is 0.0727. The maximum atomic E-state index is 5.50. The second-order valence-electron chi connectivity index (χ2n) is 16.2. The molecule has 2 aliphatic rings. The van der Waals surface area contributed by atoms with Crippen LogP contribution >= 0.6 is 11.3 Å². The van der Waals surface area contributed by atoms with Gasteiger partial charge in [0.1, 0.15) is 0 Å². The molecule has 10 aromatic rings. The third-order valence-corrected chi connectivity index (χ3v) is 14.1. The molecule has 0 amide bonds. The average molecular weight is 772 g/mol.